The summed E-state index contributed by atoms with van der Waals surface area (Å²) in [6.45, 7) is 12.4. The third-order valence-corrected chi connectivity index (χ3v) is 6.21. The zero-order valence-corrected chi connectivity index (χ0v) is 18.9. The van der Waals surface area contributed by atoms with E-state index in [0.717, 1.165) is 28.0 Å². The molecule has 0 N–H and O–H groups in total. The largest absolute Gasteiger partial charge is 0.496 e. The Morgan fingerprint density at radius 2 is 1.87 bits per heavy atom. The molecule has 0 radical (unpaired) electrons. The van der Waals surface area contributed by atoms with Crippen molar-refractivity contribution >= 4 is 17.5 Å². The molecule has 0 aliphatic heterocycles. The summed E-state index contributed by atoms with van der Waals surface area (Å²) in [7, 11) is 1.63. The summed E-state index contributed by atoms with van der Waals surface area (Å²) in [5, 5.41) is 9.15. The molecule has 3 aromatic rings. The molecular formula is C24H27N3O2S. The molecule has 3 rings (SSSR count). The normalized spacial score (nSPS) is 11.9. The van der Waals surface area contributed by atoms with Crippen LogP contribution in [0.15, 0.2) is 54.2 Å². The van der Waals surface area contributed by atoms with Crippen LogP contribution in [0.4, 0.5) is 0 Å². The maximum Gasteiger partial charge on any atom is 0.192 e. The van der Waals surface area contributed by atoms with E-state index >= 15 is 0 Å². The van der Waals surface area contributed by atoms with Crippen molar-refractivity contribution in [3.8, 4) is 17.1 Å². The summed E-state index contributed by atoms with van der Waals surface area (Å²) in [6.07, 6.45) is 1.80. The quantitative estimate of drug-likeness (QED) is 0.276. The molecule has 0 saturated heterocycles. The first-order chi connectivity index (χ1) is 14.4. The molecule has 0 amide bonds. The zero-order chi connectivity index (χ0) is 21.8. The lowest BCUT2D eigenvalue weighted by Gasteiger charge is -2.15. The Kier molecular flexibility index (Phi) is 6.77. The molecule has 0 saturated carbocycles. The number of methoxy groups -OCH3 is 1. The lowest BCUT2D eigenvalue weighted by atomic mass is 9.97. The van der Waals surface area contributed by atoms with Gasteiger partial charge in [0.05, 0.1) is 17.9 Å². The van der Waals surface area contributed by atoms with Gasteiger partial charge in [-0.15, -0.1) is 16.8 Å². The molecule has 1 atom stereocenters. The van der Waals surface area contributed by atoms with E-state index in [-0.39, 0.29) is 11.0 Å². The molecule has 1 aromatic heterocycles. The Bertz CT molecular complexity index is 1090. The molecule has 1 heterocycles. The summed E-state index contributed by atoms with van der Waals surface area (Å²) in [5.74, 6) is 1.51. The number of thioether (sulfide) groups is 1. The van der Waals surface area contributed by atoms with Crippen molar-refractivity contribution in [3.05, 3.63) is 71.3 Å². The summed E-state index contributed by atoms with van der Waals surface area (Å²) in [5.41, 5.74) is 4.92. The van der Waals surface area contributed by atoms with Crippen molar-refractivity contribution in [1.29, 1.82) is 0 Å². The Labute approximate surface area is 182 Å². The van der Waals surface area contributed by atoms with Crippen LogP contribution in [0.25, 0.3) is 11.4 Å². The first-order valence-electron chi connectivity index (χ1n) is 9.83. The number of hydrogen-bond acceptors (Lipinski definition) is 5. The van der Waals surface area contributed by atoms with Crippen molar-refractivity contribution in [2.45, 2.75) is 44.6 Å². The maximum absolute atomic E-state index is 13.2. The molecule has 30 heavy (non-hydrogen) atoms. The van der Waals surface area contributed by atoms with E-state index in [0.29, 0.717) is 17.5 Å². The summed E-state index contributed by atoms with van der Waals surface area (Å²) in [6, 6.07) is 11.7. The van der Waals surface area contributed by atoms with Crippen LogP contribution in [0.5, 0.6) is 5.75 Å². The van der Waals surface area contributed by atoms with Gasteiger partial charge in [-0.05, 0) is 62.6 Å². The van der Waals surface area contributed by atoms with Gasteiger partial charge in [0.25, 0.3) is 0 Å². The van der Waals surface area contributed by atoms with Gasteiger partial charge in [0, 0.05) is 12.1 Å². The first kappa shape index (κ1) is 21.8. The lowest BCUT2D eigenvalue weighted by Crippen LogP contribution is -2.16. The number of aryl methyl sites for hydroxylation is 3. The highest BCUT2D eigenvalue weighted by atomic mass is 32.2. The van der Waals surface area contributed by atoms with Crippen molar-refractivity contribution in [1.82, 2.24) is 14.8 Å². The minimum absolute atomic E-state index is 0.0904. The Balaban J connectivity index is 1.93. The number of rotatable bonds is 8. The first-order valence-corrected chi connectivity index (χ1v) is 10.7. The summed E-state index contributed by atoms with van der Waals surface area (Å²) >= 11 is 1.41. The highest BCUT2D eigenvalue weighted by molar-refractivity contribution is 8.00. The zero-order valence-electron chi connectivity index (χ0n) is 18.1. The molecule has 0 bridgehead atoms. The number of aromatic nitrogens is 3. The number of allylic oxidation sites excluding steroid dienone is 1. The van der Waals surface area contributed by atoms with Crippen molar-refractivity contribution in [3.63, 3.8) is 0 Å². The van der Waals surface area contributed by atoms with Gasteiger partial charge in [-0.1, -0.05) is 36.0 Å². The SMILES string of the molecule is C=CCn1c(S[C@@H](C)C(=O)c2cc(C)c(C)cc2C)nnc1-c1ccccc1OC. The fraction of sp³-hybridized carbons (Fsp3) is 0.292. The molecule has 6 heteroatoms. The number of ketones is 1. The van der Waals surface area contributed by atoms with Gasteiger partial charge in [0.2, 0.25) is 0 Å². The predicted molar refractivity (Wildman–Crippen MR) is 123 cm³/mol. The van der Waals surface area contributed by atoms with E-state index in [2.05, 4.69) is 29.8 Å². The minimum atomic E-state index is -0.302. The van der Waals surface area contributed by atoms with Crippen molar-refractivity contribution < 1.29 is 9.53 Å². The van der Waals surface area contributed by atoms with Gasteiger partial charge in [0.1, 0.15) is 5.75 Å². The fourth-order valence-corrected chi connectivity index (χ4v) is 4.28. The van der Waals surface area contributed by atoms with E-state index in [1.54, 1.807) is 13.2 Å². The third-order valence-electron chi connectivity index (χ3n) is 5.13. The van der Waals surface area contributed by atoms with E-state index in [1.165, 1.54) is 17.3 Å². The summed E-state index contributed by atoms with van der Waals surface area (Å²) < 4.78 is 7.45. The van der Waals surface area contributed by atoms with E-state index in [1.807, 2.05) is 55.7 Å². The number of ether oxygens (including phenoxy) is 1. The number of para-hydroxylation sites is 1. The van der Waals surface area contributed by atoms with Crippen LogP contribution in [0.2, 0.25) is 0 Å². The second kappa shape index (κ2) is 9.30. The van der Waals surface area contributed by atoms with Gasteiger partial charge >= 0.3 is 0 Å². The smallest absolute Gasteiger partial charge is 0.192 e. The van der Waals surface area contributed by atoms with Gasteiger partial charge in [0.15, 0.2) is 16.8 Å². The number of hydrogen-bond donors (Lipinski definition) is 0. The Morgan fingerprint density at radius 1 is 1.17 bits per heavy atom. The lowest BCUT2D eigenvalue weighted by molar-refractivity contribution is 0.0993. The minimum Gasteiger partial charge on any atom is -0.496 e. The van der Waals surface area contributed by atoms with E-state index < -0.39 is 0 Å². The van der Waals surface area contributed by atoms with Crippen LogP contribution in [-0.2, 0) is 6.54 Å². The average Bonchev–Trinajstić information content (AvgIpc) is 3.12. The molecular weight excluding hydrogens is 394 g/mol. The maximum atomic E-state index is 13.2. The van der Waals surface area contributed by atoms with Crippen molar-refractivity contribution in [2.75, 3.05) is 7.11 Å². The molecule has 0 spiro atoms. The monoisotopic (exact) mass is 421 g/mol. The van der Waals surface area contributed by atoms with Gasteiger partial charge in [-0.3, -0.25) is 9.36 Å². The molecule has 5 nitrogen and oxygen atoms in total. The number of Topliss-reactive ketones (excluding diaryl/α,β-unsaturated/α-hetero) is 1. The average molecular weight is 422 g/mol. The number of carbonyl (C=O) groups excluding carboxylic acids is 1. The van der Waals surface area contributed by atoms with Gasteiger partial charge < -0.3 is 4.74 Å². The third kappa shape index (κ3) is 4.33. The van der Waals surface area contributed by atoms with Gasteiger partial charge in [-0.25, -0.2) is 0 Å². The standard InChI is InChI=1S/C24H27N3O2S/c1-7-12-27-23(19-10-8-9-11-21(19)29-6)25-26-24(27)30-18(5)22(28)20-14-16(3)15(2)13-17(20)4/h7-11,13-14,18H,1,12H2,2-6H3/t18-/m0/s1. The number of nitrogens with zero attached hydrogens (tertiary/aromatic N) is 3. The van der Waals surface area contributed by atoms with Crippen LogP contribution in [0.1, 0.15) is 34.0 Å². The highest BCUT2D eigenvalue weighted by Gasteiger charge is 2.23. The number of carbonyl (C=O) groups is 1. The van der Waals surface area contributed by atoms with Crippen LogP contribution < -0.4 is 4.74 Å². The molecule has 0 fully saturated rings. The molecule has 156 valence electrons. The second-order valence-corrected chi connectivity index (χ2v) is 8.59. The van der Waals surface area contributed by atoms with E-state index in [4.69, 9.17) is 4.74 Å². The highest BCUT2D eigenvalue weighted by Crippen LogP contribution is 2.33. The van der Waals surface area contributed by atoms with Crippen LogP contribution >= 0.6 is 11.8 Å². The Morgan fingerprint density at radius 3 is 2.57 bits per heavy atom. The van der Waals surface area contributed by atoms with Crippen LogP contribution in [0, 0.1) is 20.8 Å². The van der Waals surface area contributed by atoms with E-state index in [9.17, 15) is 4.79 Å². The summed E-state index contributed by atoms with van der Waals surface area (Å²) in [4.78, 5) is 13.2. The second-order valence-electron chi connectivity index (χ2n) is 7.28. The molecule has 0 aliphatic carbocycles. The van der Waals surface area contributed by atoms with Crippen LogP contribution in [-0.4, -0.2) is 32.9 Å². The van der Waals surface area contributed by atoms with Crippen molar-refractivity contribution in [2.24, 2.45) is 0 Å². The number of benzene rings is 2. The molecule has 2 aromatic carbocycles. The fourth-order valence-electron chi connectivity index (χ4n) is 3.35. The molecule has 0 aliphatic rings. The van der Waals surface area contributed by atoms with Crippen LogP contribution in [0.3, 0.4) is 0 Å². The Hall–Kier alpha value is -2.86. The topological polar surface area (TPSA) is 57.0 Å². The predicted octanol–water partition coefficient (Wildman–Crippen LogP) is 5.43. The van der Waals surface area contributed by atoms with Gasteiger partial charge in [-0.2, -0.15) is 0 Å². The molecule has 0 unspecified atom stereocenters.